The third-order valence-electron chi connectivity index (χ3n) is 11.8. The maximum Gasteiger partial charge on any atom is 0.0618 e. The van der Waals surface area contributed by atoms with Gasteiger partial charge in [0, 0.05) is 28.1 Å². The fourth-order valence-electron chi connectivity index (χ4n) is 7.93. The second-order valence-electron chi connectivity index (χ2n) is 15.1. The minimum Gasteiger partial charge on any atom is -0.309 e. The van der Waals surface area contributed by atoms with Gasteiger partial charge in [0.2, 0.25) is 0 Å². The molecule has 0 N–H and O–H groups in total. The molecule has 0 spiro atoms. The van der Waals surface area contributed by atoms with E-state index in [0.717, 1.165) is 6.42 Å². The molecule has 1 aliphatic carbocycles. The molecule has 0 aliphatic heterocycles. The van der Waals surface area contributed by atoms with Crippen molar-refractivity contribution < 1.29 is 0 Å². The third-order valence-corrected chi connectivity index (χ3v) is 11.8. The summed E-state index contributed by atoms with van der Waals surface area (Å²) in [5.41, 5.74) is 17.3. The Bertz CT molecular complexity index is 2210. The molecule has 6 aromatic rings. The molecule has 0 saturated heterocycles. The summed E-state index contributed by atoms with van der Waals surface area (Å²) in [5.74, 6) is 1.30. The van der Waals surface area contributed by atoms with Gasteiger partial charge in [0.15, 0.2) is 0 Å². The number of hydrogen-bond acceptors (Lipinski definition) is 1. The van der Waals surface area contributed by atoms with E-state index in [2.05, 4.69) is 182 Å². The van der Waals surface area contributed by atoms with Crippen LogP contribution in [0.5, 0.6) is 0 Å². The molecular weight excluding hydrogens is 603 g/mol. The fraction of sp³-hybridized carbons (Fsp3) is 0.265. The number of benzene rings is 6. The van der Waals surface area contributed by atoms with E-state index in [1.165, 1.54) is 94.3 Å². The predicted octanol–water partition coefficient (Wildman–Crippen LogP) is 13.8. The van der Waals surface area contributed by atoms with Gasteiger partial charge in [-0.2, -0.15) is 0 Å². The van der Waals surface area contributed by atoms with Crippen LogP contribution in [0.4, 0.5) is 17.1 Å². The summed E-state index contributed by atoms with van der Waals surface area (Å²) in [4.78, 5) is 2.51. The summed E-state index contributed by atoms with van der Waals surface area (Å²) in [5, 5.41) is 5.21. The van der Waals surface area contributed by atoms with E-state index in [1.807, 2.05) is 0 Å². The lowest BCUT2D eigenvalue weighted by atomic mass is 9.75. The zero-order valence-corrected chi connectivity index (χ0v) is 31.4. The van der Waals surface area contributed by atoms with Gasteiger partial charge < -0.3 is 4.90 Å². The summed E-state index contributed by atoms with van der Waals surface area (Å²) >= 11 is 0. The number of aryl methyl sites for hydroxylation is 6. The molecule has 50 heavy (non-hydrogen) atoms. The van der Waals surface area contributed by atoms with Crippen LogP contribution in [0.25, 0.3) is 21.5 Å². The van der Waals surface area contributed by atoms with E-state index in [-0.39, 0.29) is 5.92 Å². The molecule has 3 unspecified atom stereocenters. The molecule has 0 saturated carbocycles. The van der Waals surface area contributed by atoms with Gasteiger partial charge in [-0.25, -0.2) is 0 Å². The second-order valence-corrected chi connectivity index (χ2v) is 15.1. The van der Waals surface area contributed by atoms with Gasteiger partial charge >= 0.3 is 0 Å². The Balaban J connectivity index is 1.51. The van der Waals surface area contributed by atoms with Gasteiger partial charge in [-0.05, 0) is 152 Å². The van der Waals surface area contributed by atoms with Crippen molar-refractivity contribution in [1.29, 1.82) is 0 Å². The number of allylic oxidation sites excluding steroid dienone is 4. The van der Waals surface area contributed by atoms with E-state index in [4.69, 9.17) is 0 Å². The van der Waals surface area contributed by atoms with Gasteiger partial charge in [0.1, 0.15) is 0 Å². The Hall–Kier alpha value is -4.88. The van der Waals surface area contributed by atoms with E-state index < -0.39 is 0 Å². The number of rotatable bonds is 7. The predicted molar refractivity (Wildman–Crippen MR) is 218 cm³/mol. The van der Waals surface area contributed by atoms with Crippen LogP contribution in [-0.4, -0.2) is 0 Å². The van der Waals surface area contributed by atoms with Crippen molar-refractivity contribution in [2.75, 3.05) is 4.90 Å². The van der Waals surface area contributed by atoms with Crippen LogP contribution in [0.2, 0.25) is 0 Å². The van der Waals surface area contributed by atoms with Crippen LogP contribution in [0.1, 0.15) is 71.2 Å². The maximum atomic E-state index is 2.55. The van der Waals surface area contributed by atoms with E-state index in [1.54, 1.807) is 0 Å². The Labute approximate surface area is 300 Å². The Morgan fingerprint density at radius 2 is 1.02 bits per heavy atom. The Morgan fingerprint density at radius 3 is 1.50 bits per heavy atom. The van der Waals surface area contributed by atoms with Crippen molar-refractivity contribution in [1.82, 2.24) is 0 Å². The van der Waals surface area contributed by atoms with Gasteiger partial charge in [-0.3, -0.25) is 0 Å². The fourth-order valence-corrected chi connectivity index (χ4v) is 7.93. The minimum atomic E-state index is 0.243. The Morgan fingerprint density at radius 1 is 0.540 bits per heavy atom. The van der Waals surface area contributed by atoms with Crippen molar-refractivity contribution in [3.05, 3.63) is 171 Å². The SMILES string of the molecule is CC1=CC(C(Cc2c3ccccc3c(N(c3ccc(C)c(C)c3)c3ccc(C)c(C)c3)c3ccccc23)c2ccc(C)c(C)c2)=CC(C)C1C. The molecule has 6 aromatic carbocycles. The summed E-state index contributed by atoms with van der Waals surface area (Å²) in [6.07, 6.45) is 5.97. The molecule has 1 nitrogen and oxygen atoms in total. The summed E-state index contributed by atoms with van der Waals surface area (Å²) in [6, 6.07) is 39.2. The lowest BCUT2D eigenvalue weighted by Crippen LogP contribution is -2.17. The number of nitrogens with zero attached hydrogens (tertiary/aromatic N) is 1. The molecule has 0 aromatic heterocycles. The molecule has 1 aliphatic rings. The molecule has 7 rings (SSSR count). The molecule has 0 fully saturated rings. The van der Waals surface area contributed by atoms with Crippen LogP contribution < -0.4 is 4.90 Å². The maximum absolute atomic E-state index is 2.55. The summed E-state index contributed by atoms with van der Waals surface area (Å²) in [6.45, 7) is 20.4. The second kappa shape index (κ2) is 13.4. The average molecular weight is 654 g/mol. The molecule has 1 heteroatoms. The van der Waals surface area contributed by atoms with E-state index in [0.29, 0.717) is 11.8 Å². The zero-order valence-electron chi connectivity index (χ0n) is 31.4. The lowest BCUT2D eigenvalue weighted by molar-refractivity contribution is 0.513. The van der Waals surface area contributed by atoms with Crippen LogP contribution in [0, 0.1) is 53.4 Å². The zero-order chi connectivity index (χ0) is 35.3. The standard InChI is InChI=1S/C49H51N/c1-30-18-21-39(24-33(30)4)47(40-25-36(7)38(9)37(8)26-40)29-48-43-14-10-12-16-45(43)49(46-17-13-11-15-44(46)48)50(41-22-19-31(2)34(5)27-41)42-23-20-32(3)35(6)28-42/h10-28,36,38,47H,29H2,1-9H3. The monoisotopic (exact) mass is 653 g/mol. The highest BCUT2D eigenvalue weighted by atomic mass is 15.1. The summed E-state index contributed by atoms with van der Waals surface area (Å²) in [7, 11) is 0. The van der Waals surface area contributed by atoms with Crippen molar-refractivity contribution >= 4 is 38.6 Å². The number of anilines is 3. The highest BCUT2D eigenvalue weighted by Crippen LogP contribution is 2.48. The Kier molecular flexibility index (Phi) is 9.04. The molecule has 3 atom stereocenters. The van der Waals surface area contributed by atoms with Crippen LogP contribution in [0.3, 0.4) is 0 Å². The molecule has 0 heterocycles. The van der Waals surface area contributed by atoms with Crippen LogP contribution >= 0.6 is 0 Å². The third kappa shape index (κ3) is 6.09. The smallest absolute Gasteiger partial charge is 0.0618 e. The van der Waals surface area contributed by atoms with Gasteiger partial charge in [-0.15, -0.1) is 0 Å². The van der Waals surface area contributed by atoms with Gasteiger partial charge in [0.25, 0.3) is 0 Å². The van der Waals surface area contributed by atoms with Crippen molar-refractivity contribution in [2.45, 2.75) is 74.7 Å². The first-order chi connectivity index (χ1) is 24.0. The van der Waals surface area contributed by atoms with Gasteiger partial charge in [-0.1, -0.05) is 110 Å². The minimum absolute atomic E-state index is 0.243. The van der Waals surface area contributed by atoms with Crippen molar-refractivity contribution in [3.8, 4) is 0 Å². The first-order valence-electron chi connectivity index (χ1n) is 18.4. The highest BCUT2D eigenvalue weighted by Gasteiger charge is 2.27. The van der Waals surface area contributed by atoms with E-state index in [9.17, 15) is 0 Å². The quantitative estimate of drug-likeness (QED) is 0.155. The largest absolute Gasteiger partial charge is 0.309 e. The van der Waals surface area contributed by atoms with Crippen LogP contribution in [-0.2, 0) is 6.42 Å². The molecule has 0 radical (unpaired) electrons. The van der Waals surface area contributed by atoms with Crippen molar-refractivity contribution in [2.24, 2.45) is 11.8 Å². The normalized spacial score (nSPS) is 16.7. The average Bonchev–Trinajstić information content (AvgIpc) is 3.10. The first-order valence-corrected chi connectivity index (χ1v) is 18.4. The lowest BCUT2D eigenvalue weighted by Gasteiger charge is -2.32. The molecular formula is C49H51N. The topological polar surface area (TPSA) is 3.24 Å². The van der Waals surface area contributed by atoms with E-state index >= 15 is 0 Å². The molecule has 252 valence electrons. The van der Waals surface area contributed by atoms with Gasteiger partial charge in [0.05, 0.1) is 5.69 Å². The summed E-state index contributed by atoms with van der Waals surface area (Å²) < 4.78 is 0. The van der Waals surface area contributed by atoms with Crippen molar-refractivity contribution in [3.63, 3.8) is 0 Å². The molecule has 0 bridgehead atoms. The van der Waals surface area contributed by atoms with Crippen LogP contribution in [0.15, 0.2) is 126 Å². The number of hydrogen-bond donors (Lipinski definition) is 0. The number of fused-ring (bicyclic) bond motifs is 2. The first kappa shape index (κ1) is 33.6. The molecule has 0 amide bonds. The highest BCUT2D eigenvalue weighted by molar-refractivity contribution is 6.16.